The summed E-state index contributed by atoms with van der Waals surface area (Å²) in [5.74, 6) is 0. The number of rotatable bonds is 0. The van der Waals surface area contributed by atoms with E-state index in [4.69, 9.17) is 8.22 Å². The quantitative estimate of drug-likeness (QED) is 0.412. The fraction of sp³-hybridized carbons (Fsp3) is 0.714. The highest BCUT2D eigenvalue weighted by Crippen LogP contribution is 2.15. The highest BCUT2D eigenvalue weighted by molar-refractivity contribution is 5.00. The van der Waals surface area contributed by atoms with Gasteiger partial charge in [0.05, 0.1) is 1.37 Å². The van der Waals surface area contributed by atoms with Gasteiger partial charge in [-0.3, -0.25) is 0 Å². The largest absolute Gasteiger partial charge is 0.0856 e. The van der Waals surface area contributed by atoms with Gasteiger partial charge in [-0.05, 0) is 32.5 Å². The molecule has 1 aliphatic rings. The van der Waals surface area contributed by atoms with E-state index in [9.17, 15) is 0 Å². The molecule has 1 aliphatic carbocycles. The predicted molar refractivity (Wildman–Crippen MR) is 32.2 cm³/mol. The first-order chi connectivity index (χ1) is 5.75. The molecular formula is C7H12. The van der Waals surface area contributed by atoms with Crippen molar-refractivity contribution in [3.63, 3.8) is 0 Å². The Balaban J connectivity index is 3.13. The second-order valence-corrected chi connectivity index (χ2v) is 1.58. The van der Waals surface area contributed by atoms with Crippen LogP contribution >= 0.6 is 0 Å². The fourth-order valence-corrected chi connectivity index (χ4v) is 0.578. The number of allylic oxidation sites excluding steroid dienone is 2. The zero-order valence-electron chi connectivity index (χ0n) is 10.1. The van der Waals surface area contributed by atoms with Crippen LogP contribution in [0.3, 0.4) is 0 Å². The molecule has 0 atom stereocenters. The van der Waals surface area contributed by atoms with Crippen LogP contribution in [0.2, 0.25) is 0 Å². The molecule has 0 aromatic heterocycles. The van der Waals surface area contributed by atoms with Crippen molar-refractivity contribution >= 4 is 0 Å². The molecule has 0 unspecified atom stereocenters. The lowest BCUT2D eigenvalue weighted by atomic mass is 10.0. The molecule has 7 heavy (non-hydrogen) atoms. The third-order valence-electron chi connectivity index (χ3n) is 0.957. The van der Waals surface area contributed by atoms with Gasteiger partial charge in [0.1, 0.15) is 0 Å². The van der Waals surface area contributed by atoms with Crippen LogP contribution < -0.4 is 0 Å². The van der Waals surface area contributed by atoms with Crippen molar-refractivity contribution in [3.8, 4) is 0 Å². The second kappa shape index (κ2) is 2.15. The van der Waals surface area contributed by atoms with Gasteiger partial charge in [0.2, 0.25) is 0 Å². The maximum Gasteiger partial charge on any atom is 0.0575 e. The topological polar surface area (TPSA) is 0 Å². The van der Waals surface area contributed by atoms with Crippen LogP contribution in [0.5, 0.6) is 0 Å². The Bertz CT molecular complexity index is 236. The Kier molecular flexibility index (Phi) is 0.421. The van der Waals surface area contributed by atoms with Crippen LogP contribution in [0.4, 0.5) is 0 Å². The molecule has 0 aliphatic heterocycles. The monoisotopic (exact) mass is 102 g/mol. The van der Waals surface area contributed by atoms with E-state index in [1.807, 2.05) is 0 Å². The van der Waals surface area contributed by atoms with Crippen molar-refractivity contribution in [2.75, 3.05) is 0 Å². The highest BCUT2D eigenvalue weighted by Gasteiger charge is 1.95. The van der Waals surface area contributed by atoms with Crippen LogP contribution in [-0.2, 0) is 0 Å². The first-order valence-electron chi connectivity index (χ1n) is 5.46. The van der Waals surface area contributed by atoms with Crippen molar-refractivity contribution < 1.29 is 8.22 Å². The van der Waals surface area contributed by atoms with E-state index in [0.717, 1.165) is 0 Å². The molecule has 0 saturated heterocycles. The summed E-state index contributed by atoms with van der Waals surface area (Å²) in [6.07, 6.45) is -0.664. The van der Waals surface area contributed by atoms with Gasteiger partial charge in [-0.1, -0.05) is 11.6 Å². The van der Waals surface area contributed by atoms with E-state index in [2.05, 4.69) is 0 Å². The van der Waals surface area contributed by atoms with E-state index in [1.54, 1.807) is 0 Å². The van der Waals surface area contributed by atoms with Gasteiger partial charge < -0.3 is 0 Å². The van der Waals surface area contributed by atoms with E-state index in [-0.39, 0.29) is 18.0 Å². The van der Waals surface area contributed by atoms with Gasteiger partial charge in [0.15, 0.2) is 0 Å². The van der Waals surface area contributed by atoms with E-state index < -0.39 is 13.2 Å². The summed E-state index contributed by atoms with van der Waals surface area (Å²) in [7, 11) is 0. The lowest BCUT2D eigenvalue weighted by Crippen LogP contribution is -1.85. The molecule has 0 radical (unpaired) electrons. The third kappa shape index (κ3) is 1.34. The summed E-state index contributed by atoms with van der Waals surface area (Å²) < 4.78 is 43.8. The first-order valence-corrected chi connectivity index (χ1v) is 2.46. The smallest absolute Gasteiger partial charge is 0.0575 e. The van der Waals surface area contributed by atoms with Crippen molar-refractivity contribution in [1.82, 2.24) is 0 Å². The Labute approximate surface area is 53.7 Å². The summed E-state index contributed by atoms with van der Waals surface area (Å²) in [6, 6.07) is -0.0451. The van der Waals surface area contributed by atoms with Crippen molar-refractivity contribution in [2.45, 2.75) is 32.5 Å². The molecule has 0 heteroatoms. The summed E-state index contributed by atoms with van der Waals surface area (Å²) in [4.78, 5) is 0. The summed E-state index contributed by atoms with van der Waals surface area (Å²) >= 11 is 0. The minimum atomic E-state index is -2.46. The molecule has 0 aromatic rings. The second-order valence-electron chi connectivity index (χ2n) is 1.58. The standard InChI is InChI=1S/C7H12/c1-7-5-3-2-4-6-7/h5H,2-4,6H2,1H3/i1D3,5D,6D2. The Morgan fingerprint density at radius 1 is 2.00 bits per heavy atom. The van der Waals surface area contributed by atoms with Crippen LogP contribution in [0.1, 0.15) is 40.7 Å². The van der Waals surface area contributed by atoms with E-state index in [1.165, 1.54) is 0 Å². The Hall–Kier alpha value is -0.260. The minimum absolute atomic E-state index is 0.0451. The maximum absolute atomic E-state index is 7.50. The molecule has 0 heterocycles. The van der Waals surface area contributed by atoms with Gasteiger partial charge in [-0.2, -0.15) is 0 Å². The number of hydrogen-bond acceptors (Lipinski definition) is 0. The summed E-state index contributed by atoms with van der Waals surface area (Å²) in [6.45, 7) is -2.46. The van der Waals surface area contributed by atoms with Crippen molar-refractivity contribution in [1.29, 1.82) is 0 Å². The van der Waals surface area contributed by atoms with Crippen molar-refractivity contribution in [2.24, 2.45) is 0 Å². The third-order valence-corrected chi connectivity index (χ3v) is 0.957. The molecule has 0 nitrogen and oxygen atoms in total. The lowest BCUT2D eigenvalue weighted by Gasteiger charge is -2.05. The zero-order chi connectivity index (χ0) is 10.3. The molecule has 0 fully saturated rings. The van der Waals surface area contributed by atoms with Gasteiger partial charge >= 0.3 is 0 Å². The zero-order valence-corrected chi connectivity index (χ0v) is 4.12. The molecule has 1 rings (SSSR count). The highest BCUT2D eigenvalue weighted by atomic mass is 14.0. The average Bonchev–Trinajstić information content (AvgIpc) is 1.79. The molecule has 0 bridgehead atoms. The maximum atomic E-state index is 7.50. The first kappa shape index (κ1) is 1.37. The fourth-order valence-electron chi connectivity index (χ4n) is 0.578. The lowest BCUT2D eigenvalue weighted by molar-refractivity contribution is 0.702. The summed E-state index contributed by atoms with van der Waals surface area (Å²) in [5, 5.41) is 0. The molecule has 40 valence electrons. The van der Waals surface area contributed by atoms with Gasteiger partial charge in [-0.25, -0.2) is 0 Å². The van der Waals surface area contributed by atoms with Crippen molar-refractivity contribution in [3.05, 3.63) is 11.6 Å². The average molecular weight is 102 g/mol. The van der Waals surface area contributed by atoms with Gasteiger partial charge in [0, 0.05) is 6.85 Å². The van der Waals surface area contributed by atoms with E-state index in [0.29, 0.717) is 12.8 Å². The number of hydrogen-bond donors (Lipinski definition) is 0. The van der Waals surface area contributed by atoms with Gasteiger partial charge in [-0.15, -0.1) is 0 Å². The molecule has 0 saturated carbocycles. The predicted octanol–water partition coefficient (Wildman–Crippen LogP) is 2.51. The molecule has 0 aromatic carbocycles. The van der Waals surface area contributed by atoms with Crippen LogP contribution in [0.25, 0.3) is 0 Å². The summed E-state index contributed by atoms with van der Waals surface area (Å²) in [5.41, 5.74) is -0.300. The Morgan fingerprint density at radius 3 is 3.57 bits per heavy atom. The normalized spacial score (nSPS) is 44.6. The minimum Gasteiger partial charge on any atom is -0.0856 e. The van der Waals surface area contributed by atoms with Gasteiger partial charge in [0.25, 0.3) is 0 Å². The Morgan fingerprint density at radius 2 is 3.00 bits per heavy atom. The molecule has 0 N–H and O–H groups in total. The SMILES string of the molecule is [2H]C1=C(C([2H])([2H])[2H])C([2H])([2H])CCC1. The van der Waals surface area contributed by atoms with Crippen LogP contribution in [0.15, 0.2) is 11.6 Å². The van der Waals surface area contributed by atoms with E-state index >= 15 is 0 Å². The molecule has 0 amide bonds. The molecular weight excluding hydrogens is 84.1 g/mol. The molecule has 0 spiro atoms. The van der Waals surface area contributed by atoms with Crippen LogP contribution in [0, 0.1) is 0 Å². The van der Waals surface area contributed by atoms with Crippen LogP contribution in [-0.4, -0.2) is 0 Å².